The maximum atomic E-state index is 4.06. The molecule has 5 heteroatoms. The first-order valence-corrected chi connectivity index (χ1v) is 6.29. The molecule has 0 aromatic carbocycles. The van der Waals surface area contributed by atoms with Gasteiger partial charge in [-0.3, -0.25) is 0 Å². The molecule has 1 N–H and O–H groups in total. The van der Waals surface area contributed by atoms with Crippen molar-refractivity contribution in [2.24, 2.45) is 7.05 Å². The molecular formula is C11H16N4S. The molecule has 86 valence electrons. The van der Waals surface area contributed by atoms with Crippen LogP contribution < -0.4 is 5.32 Å². The van der Waals surface area contributed by atoms with Crippen LogP contribution in [0.2, 0.25) is 0 Å². The molecule has 4 nitrogen and oxygen atoms in total. The van der Waals surface area contributed by atoms with Gasteiger partial charge in [-0.15, -0.1) is 21.5 Å². The van der Waals surface area contributed by atoms with Crippen LogP contribution in [-0.2, 0) is 13.6 Å². The van der Waals surface area contributed by atoms with Crippen LogP contribution in [0.4, 0.5) is 0 Å². The van der Waals surface area contributed by atoms with Crippen LogP contribution in [0.25, 0.3) is 0 Å². The van der Waals surface area contributed by atoms with Crippen LogP contribution in [0.3, 0.4) is 0 Å². The third-order valence-corrected chi connectivity index (χ3v) is 3.59. The Hall–Kier alpha value is -1.20. The SMILES string of the molecule is CCC(NCc1nncn1C)c1cccs1. The second-order valence-corrected chi connectivity index (χ2v) is 4.69. The summed E-state index contributed by atoms with van der Waals surface area (Å²) in [6, 6.07) is 4.67. The van der Waals surface area contributed by atoms with Gasteiger partial charge < -0.3 is 9.88 Å². The normalized spacial score (nSPS) is 12.9. The molecule has 0 spiro atoms. The summed E-state index contributed by atoms with van der Waals surface area (Å²) in [6.07, 6.45) is 2.81. The van der Waals surface area contributed by atoms with Crippen molar-refractivity contribution < 1.29 is 0 Å². The minimum absolute atomic E-state index is 0.414. The van der Waals surface area contributed by atoms with Crippen LogP contribution in [0.5, 0.6) is 0 Å². The summed E-state index contributed by atoms with van der Waals surface area (Å²) in [5.41, 5.74) is 0. The summed E-state index contributed by atoms with van der Waals surface area (Å²) >= 11 is 1.79. The fourth-order valence-corrected chi connectivity index (χ4v) is 2.50. The first-order valence-electron chi connectivity index (χ1n) is 5.41. The van der Waals surface area contributed by atoms with Gasteiger partial charge in [0, 0.05) is 18.0 Å². The Morgan fingerprint density at radius 2 is 2.44 bits per heavy atom. The van der Waals surface area contributed by atoms with Crippen LogP contribution in [0.15, 0.2) is 23.8 Å². The van der Waals surface area contributed by atoms with Crippen molar-refractivity contribution in [2.75, 3.05) is 0 Å². The average molecular weight is 236 g/mol. The lowest BCUT2D eigenvalue weighted by Gasteiger charge is -2.14. The van der Waals surface area contributed by atoms with E-state index < -0.39 is 0 Å². The van der Waals surface area contributed by atoms with E-state index in [1.807, 2.05) is 11.6 Å². The van der Waals surface area contributed by atoms with Crippen LogP contribution in [0.1, 0.15) is 30.1 Å². The molecule has 2 heterocycles. The van der Waals surface area contributed by atoms with E-state index in [0.29, 0.717) is 6.04 Å². The van der Waals surface area contributed by atoms with Crippen molar-refractivity contribution in [2.45, 2.75) is 25.9 Å². The molecule has 0 saturated carbocycles. The Morgan fingerprint density at radius 1 is 1.56 bits per heavy atom. The third kappa shape index (κ3) is 2.48. The molecule has 1 atom stereocenters. The highest BCUT2D eigenvalue weighted by molar-refractivity contribution is 7.10. The number of aromatic nitrogens is 3. The van der Waals surface area contributed by atoms with Gasteiger partial charge in [0.25, 0.3) is 0 Å². The summed E-state index contributed by atoms with van der Waals surface area (Å²) in [4.78, 5) is 1.38. The third-order valence-electron chi connectivity index (χ3n) is 2.61. The predicted octanol–water partition coefficient (Wildman–Crippen LogP) is 2.12. The number of nitrogens with zero attached hydrogens (tertiary/aromatic N) is 3. The minimum atomic E-state index is 0.414. The number of hydrogen-bond acceptors (Lipinski definition) is 4. The fraction of sp³-hybridized carbons (Fsp3) is 0.455. The molecule has 1 unspecified atom stereocenters. The summed E-state index contributed by atoms with van der Waals surface area (Å²) in [6.45, 7) is 2.95. The molecule has 0 aliphatic carbocycles. The topological polar surface area (TPSA) is 42.7 Å². The quantitative estimate of drug-likeness (QED) is 0.864. The van der Waals surface area contributed by atoms with Crippen LogP contribution in [-0.4, -0.2) is 14.8 Å². The van der Waals surface area contributed by atoms with Gasteiger partial charge in [-0.25, -0.2) is 0 Å². The molecule has 0 radical (unpaired) electrons. The molecule has 0 saturated heterocycles. The zero-order valence-electron chi connectivity index (χ0n) is 9.55. The number of thiophene rings is 1. The predicted molar refractivity (Wildman–Crippen MR) is 65.2 cm³/mol. The second kappa shape index (κ2) is 5.23. The van der Waals surface area contributed by atoms with Crippen LogP contribution >= 0.6 is 11.3 Å². The van der Waals surface area contributed by atoms with E-state index >= 15 is 0 Å². The Bertz CT molecular complexity index is 421. The van der Waals surface area contributed by atoms with Crippen LogP contribution in [0, 0.1) is 0 Å². The second-order valence-electron chi connectivity index (χ2n) is 3.72. The van der Waals surface area contributed by atoms with Gasteiger partial charge in [-0.05, 0) is 17.9 Å². The Balaban J connectivity index is 1.96. The van der Waals surface area contributed by atoms with E-state index in [1.165, 1.54) is 4.88 Å². The summed E-state index contributed by atoms with van der Waals surface area (Å²) in [5.74, 6) is 0.968. The van der Waals surface area contributed by atoms with Crippen molar-refractivity contribution in [1.29, 1.82) is 0 Å². The van der Waals surface area contributed by atoms with E-state index in [1.54, 1.807) is 17.7 Å². The molecule has 0 amide bonds. The zero-order valence-corrected chi connectivity index (χ0v) is 10.4. The van der Waals surface area contributed by atoms with E-state index in [4.69, 9.17) is 0 Å². The number of rotatable bonds is 5. The van der Waals surface area contributed by atoms with Crippen molar-refractivity contribution >= 4 is 11.3 Å². The lowest BCUT2D eigenvalue weighted by Crippen LogP contribution is -2.21. The van der Waals surface area contributed by atoms with E-state index in [0.717, 1.165) is 18.8 Å². The molecule has 0 bridgehead atoms. The Labute approximate surface area is 99.3 Å². The first kappa shape index (κ1) is 11.3. The highest BCUT2D eigenvalue weighted by Gasteiger charge is 2.10. The van der Waals surface area contributed by atoms with Gasteiger partial charge >= 0.3 is 0 Å². The first-order chi connectivity index (χ1) is 7.81. The molecule has 16 heavy (non-hydrogen) atoms. The fourth-order valence-electron chi connectivity index (χ4n) is 1.62. The molecule has 2 aromatic heterocycles. The highest BCUT2D eigenvalue weighted by Crippen LogP contribution is 2.21. The standard InChI is InChI=1S/C11H16N4S/c1-3-9(10-5-4-6-16-10)12-7-11-14-13-8-15(11)2/h4-6,8-9,12H,3,7H2,1-2H3. The van der Waals surface area contributed by atoms with Crippen molar-refractivity contribution in [3.05, 3.63) is 34.5 Å². The molecule has 0 aliphatic heterocycles. The lowest BCUT2D eigenvalue weighted by atomic mass is 10.2. The monoisotopic (exact) mass is 236 g/mol. The van der Waals surface area contributed by atoms with E-state index in [-0.39, 0.29) is 0 Å². The molecule has 0 fully saturated rings. The Morgan fingerprint density at radius 3 is 3.00 bits per heavy atom. The zero-order chi connectivity index (χ0) is 11.4. The number of hydrogen-bond donors (Lipinski definition) is 1. The lowest BCUT2D eigenvalue weighted by molar-refractivity contribution is 0.508. The smallest absolute Gasteiger partial charge is 0.146 e. The maximum absolute atomic E-state index is 4.06. The molecule has 0 aliphatic rings. The minimum Gasteiger partial charge on any atom is -0.320 e. The molecule has 2 aromatic rings. The average Bonchev–Trinajstić information content (AvgIpc) is 2.92. The summed E-state index contributed by atoms with van der Waals surface area (Å²) in [5, 5.41) is 13.5. The van der Waals surface area contributed by atoms with Crippen molar-refractivity contribution in [3.63, 3.8) is 0 Å². The molecule has 2 rings (SSSR count). The Kier molecular flexibility index (Phi) is 3.69. The van der Waals surface area contributed by atoms with Gasteiger partial charge in [0.1, 0.15) is 12.2 Å². The largest absolute Gasteiger partial charge is 0.320 e. The number of aryl methyl sites for hydroxylation is 1. The maximum Gasteiger partial charge on any atom is 0.146 e. The highest BCUT2D eigenvalue weighted by atomic mass is 32.1. The van der Waals surface area contributed by atoms with Gasteiger partial charge in [-0.1, -0.05) is 13.0 Å². The van der Waals surface area contributed by atoms with Crippen molar-refractivity contribution in [3.8, 4) is 0 Å². The summed E-state index contributed by atoms with van der Waals surface area (Å²) < 4.78 is 1.94. The molecular weight excluding hydrogens is 220 g/mol. The van der Waals surface area contributed by atoms with Gasteiger partial charge in [-0.2, -0.15) is 0 Å². The summed E-state index contributed by atoms with van der Waals surface area (Å²) in [7, 11) is 1.96. The van der Waals surface area contributed by atoms with Gasteiger partial charge in [0.05, 0.1) is 6.54 Å². The van der Waals surface area contributed by atoms with Gasteiger partial charge in [0.15, 0.2) is 0 Å². The van der Waals surface area contributed by atoms with Gasteiger partial charge in [0.2, 0.25) is 0 Å². The van der Waals surface area contributed by atoms with E-state index in [2.05, 4.69) is 40.0 Å². The van der Waals surface area contributed by atoms with E-state index in [9.17, 15) is 0 Å². The number of nitrogens with one attached hydrogen (secondary N) is 1. The van der Waals surface area contributed by atoms with Crippen molar-refractivity contribution in [1.82, 2.24) is 20.1 Å².